The topological polar surface area (TPSA) is 101 Å². The molecule has 2 N–H and O–H groups in total. The maximum absolute atomic E-state index is 12.6. The van der Waals surface area contributed by atoms with E-state index in [1.54, 1.807) is 35.4 Å². The van der Waals surface area contributed by atoms with Crippen molar-refractivity contribution in [1.29, 1.82) is 0 Å². The van der Waals surface area contributed by atoms with Crippen LogP contribution < -0.4 is 4.72 Å². The van der Waals surface area contributed by atoms with E-state index in [9.17, 15) is 4.21 Å². The van der Waals surface area contributed by atoms with Crippen LogP contribution in [0.4, 0.5) is 5.69 Å². The number of pyridine rings is 1. The molecule has 0 aliphatic carbocycles. The molecule has 0 spiro atoms. The number of H-pyrrole nitrogens is 1. The lowest BCUT2D eigenvalue weighted by Gasteiger charge is -2.08. The second kappa shape index (κ2) is 5.85. The smallest absolute Gasteiger partial charge is 0.151 e. The number of hydrogen-bond donors (Lipinski definition) is 2. The van der Waals surface area contributed by atoms with Gasteiger partial charge in [-0.3, -0.25) is 14.4 Å². The standard InChI is InChI=1S/C15H13N7OS/c1-22-15-10(7-18-22)3-2-4-13(15)20-24(23)11-5-6-12(16-8-11)14-9-17-21-19-14/h2-9,20H,1H3,(H,17,19,21). The molecule has 1 atom stereocenters. The van der Waals surface area contributed by atoms with Gasteiger partial charge in [-0.1, -0.05) is 12.1 Å². The maximum atomic E-state index is 12.6. The first kappa shape index (κ1) is 14.5. The van der Waals surface area contributed by atoms with E-state index < -0.39 is 11.0 Å². The van der Waals surface area contributed by atoms with Gasteiger partial charge in [0.1, 0.15) is 5.69 Å². The number of benzene rings is 1. The summed E-state index contributed by atoms with van der Waals surface area (Å²) in [6.45, 7) is 0. The van der Waals surface area contributed by atoms with E-state index in [2.05, 4.69) is 30.2 Å². The van der Waals surface area contributed by atoms with Gasteiger partial charge in [0.2, 0.25) is 0 Å². The number of nitrogens with one attached hydrogen (secondary N) is 2. The lowest BCUT2D eigenvalue weighted by atomic mass is 10.2. The minimum absolute atomic E-state index is 0.571. The number of aryl methyl sites for hydroxylation is 1. The van der Waals surface area contributed by atoms with Gasteiger partial charge in [0.25, 0.3) is 0 Å². The Hall–Kier alpha value is -3.07. The fourth-order valence-electron chi connectivity index (χ4n) is 2.44. The van der Waals surface area contributed by atoms with Crippen LogP contribution in [0.15, 0.2) is 53.8 Å². The van der Waals surface area contributed by atoms with Crippen molar-refractivity contribution in [2.24, 2.45) is 7.05 Å². The van der Waals surface area contributed by atoms with Crippen molar-refractivity contribution in [3.8, 4) is 11.4 Å². The molecule has 0 saturated carbocycles. The Labute approximate surface area is 139 Å². The van der Waals surface area contributed by atoms with Gasteiger partial charge >= 0.3 is 0 Å². The molecular weight excluding hydrogens is 326 g/mol. The number of para-hydroxylation sites is 1. The van der Waals surface area contributed by atoms with E-state index in [0.717, 1.165) is 16.6 Å². The average molecular weight is 339 g/mol. The van der Waals surface area contributed by atoms with Crippen LogP contribution in [0.5, 0.6) is 0 Å². The second-order valence-electron chi connectivity index (χ2n) is 5.12. The van der Waals surface area contributed by atoms with Crippen molar-refractivity contribution >= 4 is 27.6 Å². The van der Waals surface area contributed by atoms with E-state index in [1.807, 2.05) is 25.2 Å². The summed E-state index contributed by atoms with van der Waals surface area (Å²) in [6, 6.07) is 9.25. The van der Waals surface area contributed by atoms with Crippen LogP contribution in [0, 0.1) is 0 Å². The average Bonchev–Trinajstić information content (AvgIpc) is 3.26. The zero-order valence-electron chi connectivity index (χ0n) is 12.7. The molecule has 4 rings (SSSR count). The molecule has 4 aromatic rings. The van der Waals surface area contributed by atoms with Crippen LogP contribution >= 0.6 is 0 Å². The summed E-state index contributed by atoms with van der Waals surface area (Å²) in [5.74, 6) is 0. The minimum Gasteiger partial charge on any atom is -0.299 e. The molecule has 0 aliphatic heterocycles. The van der Waals surface area contributed by atoms with Crippen LogP contribution in [0.2, 0.25) is 0 Å². The van der Waals surface area contributed by atoms with Crippen LogP contribution in [-0.2, 0) is 18.0 Å². The molecule has 3 heterocycles. The number of nitrogens with zero attached hydrogens (tertiary/aromatic N) is 5. The zero-order valence-corrected chi connectivity index (χ0v) is 13.5. The monoisotopic (exact) mass is 339 g/mol. The molecular formula is C15H13N7OS. The van der Waals surface area contributed by atoms with Gasteiger partial charge in [0.15, 0.2) is 11.0 Å². The molecule has 0 fully saturated rings. The molecule has 9 heteroatoms. The van der Waals surface area contributed by atoms with Crippen LogP contribution in [0.25, 0.3) is 22.3 Å². The lowest BCUT2D eigenvalue weighted by Crippen LogP contribution is -2.06. The Morgan fingerprint density at radius 3 is 2.79 bits per heavy atom. The Kier molecular flexibility index (Phi) is 3.54. The molecule has 1 aromatic carbocycles. The summed E-state index contributed by atoms with van der Waals surface area (Å²) in [7, 11) is 0.417. The highest BCUT2D eigenvalue weighted by Crippen LogP contribution is 2.24. The number of anilines is 1. The summed E-state index contributed by atoms with van der Waals surface area (Å²) in [5.41, 5.74) is 2.96. The lowest BCUT2D eigenvalue weighted by molar-refractivity contribution is 0.686. The van der Waals surface area contributed by atoms with Gasteiger partial charge in [0, 0.05) is 18.6 Å². The minimum atomic E-state index is -1.44. The molecule has 1 unspecified atom stereocenters. The first-order valence-corrected chi connectivity index (χ1v) is 8.29. The van der Waals surface area contributed by atoms with Crippen molar-refractivity contribution in [1.82, 2.24) is 30.2 Å². The van der Waals surface area contributed by atoms with Crippen LogP contribution in [-0.4, -0.2) is 34.4 Å². The number of rotatable bonds is 4. The van der Waals surface area contributed by atoms with Crippen molar-refractivity contribution in [3.63, 3.8) is 0 Å². The highest BCUT2D eigenvalue weighted by molar-refractivity contribution is 7.86. The largest absolute Gasteiger partial charge is 0.299 e. The van der Waals surface area contributed by atoms with Gasteiger partial charge < -0.3 is 0 Å². The Morgan fingerprint density at radius 2 is 2.04 bits per heavy atom. The van der Waals surface area contributed by atoms with E-state index in [1.165, 1.54) is 0 Å². The maximum Gasteiger partial charge on any atom is 0.151 e. The van der Waals surface area contributed by atoms with Gasteiger partial charge in [-0.15, -0.1) is 0 Å². The zero-order chi connectivity index (χ0) is 16.5. The van der Waals surface area contributed by atoms with Crippen molar-refractivity contribution in [2.45, 2.75) is 4.90 Å². The van der Waals surface area contributed by atoms with Crippen LogP contribution in [0.1, 0.15) is 0 Å². The summed E-state index contributed by atoms with van der Waals surface area (Å²) in [4.78, 5) is 4.85. The molecule has 0 bridgehead atoms. The number of hydrogen-bond acceptors (Lipinski definition) is 5. The van der Waals surface area contributed by atoms with Gasteiger partial charge in [-0.25, -0.2) is 4.21 Å². The fraction of sp³-hybridized carbons (Fsp3) is 0.0667. The summed E-state index contributed by atoms with van der Waals surface area (Å²) < 4.78 is 17.4. The molecule has 0 amide bonds. The van der Waals surface area contributed by atoms with Crippen molar-refractivity contribution in [3.05, 3.63) is 48.9 Å². The highest BCUT2D eigenvalue weighted by Gasteiger charge is 2.11. The van der Waals surface area contributed by atoms with E-state index in [-0.39, 0.29) is 0 Å². The third-order valence-electron chi connectivity index (χ3n) is 3.59. The van der Waals surface area contributed by atoms with Crippen molar-refractivity contribution < 1.29 is 4.21 Å². The SMILES string of the molecule is Cn1ncc2cccc(NS(=O)c3ccc(-c4cn[nH]n4)nc3)c21. The number of aromatic amines is 1. The number of aromatic nitrogens is 6. The summed E-state index contributed by atoms with van der Waals surface area (Å²) in [5, 5.41) is 15.5. The molecule has 0 radical (unpaired) electrons. The first-order chi connectivity index (χ1) is 11.7. The Morgan fingerprint density at radius 1 is 1.12 bits per heavy atom. The quantitative estimate of drug-likeness (QED) is 0.591. The summed E-state index contributed by atoms with van der Waals surface area (Å²) in [6.07, 6.45) is 4.93. The van der Waals surface area contributed by atoms with Gasteiger partial charge in [0.05, 0.1) is 34.2 Å². The predicted molar refractivity (Wildman–Crippen MR) is 90.4 cm³/mol. The highest BCUT2D eigenvalue weighted by atomic mass is 32.2. The number of fused-ring (bicyclic) bond motifs is 1. The van der Waals surface area contributed by atoms with E-state index in [0.29, 0.717) is 16.3 Å². The molecule has 8 nitrogen and oxygen atoms in total. The molecule has 0 saturated heterocycles. The predicted octanol–water partition coefficient (Wildman–Crippen LogP) is 1.89. The van der Waals surface area contributed by atoms with E-state index >= 15 is 0 Å². The molecule has 3 aromatic heterocycles. The van der Waals surface area contributed by atoms with Crippen LogP contribution in [0.3, 0.4) is 0 Å². The second-order valence-corrected chi connectivity index (χ2v) is 6.33. The molecule has 0 aliphatic rings. The third kappa shape index (κ3) is 2.54. The van der Waals surface area contributed by atoms with Gasteiger partial charge in [-0.2, -0.15) is 20.5 Å². The van der Waals surface area contributed by atoms with E-state index in [4.69, 9.17) is 0 Å². The fourth-order valence-corrected chi connectivity index (χ4v) is 3.26. The third-order valence-corrected chi connectivity index (χ3v) is 4.67. The Bertz CT molecular complexity index is 1010. The van der Waals surface area contributed by atoms with Crippen molar-refractivity contribution in [2.75, 3.05) is 4.72 Å². The first-order valence-electron chi connectivity index (χ1n) is 7.14. The Balaban J connectivity index is 1.61. The summed E-state index contributed by atoms with van der Waals surface area (Å²) >= 11 is 0. The normalized spacial score (nSPS) is 12.4. The van der Waals surface area contributed by atoms with Gasteiger partial charge in [-0.05, 0) is 18.2 Å². The molecule has 24 heavy (non-hydrogen) atoms. The molecule has 120 valence electrons.